The first-order valence-corrected chi connectivity index (χ1v) is 9.99. The van der Waals surface area contributed by atoms with Crippen LogP contribution in [0.5, 0.6) is 23.0 Å². The van der Waals surface area contributed by atoms with Crippen molar-refractivity contribution in [2.24, 2.45) is 0 Å². The molecule has 0 aliphatic heterocycles. The minimum Gasteiger partial charge on any atom is -0.449 e. The highest BCUT2D eigenvalue weighted by atomic mass is 16.7. The number of hydrogen-bond acceptors (Lipinski definition) is 8. The van der Waals surface area contributed by atoms with E-state index in [9.17, 15) is 39.6 Å². The van der Waals surface area contributed by atoms with Crippen molar-refractivity contribution in [1.82, 2.24) is 0 Å². The topological polar surface area (TPSA) is 186 Å². The summed E-state index contributed by atoms with van der Waals surface area (Å²) < 4.78 is 19.5. The van der Waals surface area contributed by atoms with Gasteiger partial charge in [-0.25, -0.2) is 19.2 Å². The van der Waals surface area contributed by atoms with Crippen LogP contribution >= 0.6 is 0 Å². The van der Waals surface area contributed by atoms with Crippen LogP contribution < -0.4 is 18.9 Å². The number of rotatable bonds is 4. The molecule has 5 aromatic rings. The zero-order valence-corrected chi connectivity index (χ0v) is 17.7. The molecule has 0 saturated heterocycles. The van der Waals surface area contributed by atoms with Gasteiger partial charge in [-0.3, -0.25) is 0 Å². The lowest BCUT2D eigenvalue weighted by Gasteiger charge is -2.19. The van der Waals surface area contributed by atoms with Gasteiger partial charge in [0.25, 0.3) is 0 Å². The normalized spacial score (nSPS) is 11.1. The van der Waals surface area contributed by atoms with Crippen molar-refractivity contribution >= 4 is 67.7 Å². The van der Waals surface area contributed by atoms with Crippen molar-refractivity contribution < 1.29 is 58.6 Å². The molecule has 5 rings (SSSR count). The predicted molar refractivity (Wildman–Crippen MR) is 122 cm³/mol. The third-order valence-electron chi connectivity index (χ3n) is 5.52. The van der Waals surface area contributed by atoms with E-state index >= 15 is 0 Å². The smallest absolute Gasteiger partial charge is 0.449 e. The maximum Gasteiger partial charge on any atom is 0.511 e. The van der Waals surface area contributed by atoms with Gasteiger partial charge in [-0.15, -0.1) is 0 Å². The fourth-order valence-corrected chi connectivity index (χ4v) is 4.47. The number of hydrogen-bond donors (Lipinski definition) is 4. The van der Waals surface area contributed by atoms with Gasteiger partial charge >= 0.3 is 24.6 Å². The molecule has 0 aromatic heterocycles. The molecule has 12 nitrogen and oxygen atoms in total. The van der Waals surface area contributed by atoms with Crippen LogP contribution in [-0.4, -0.2) is 45.0 Å². The quantitative estimate of drug-likeness (QED) is 0.0998. The molecule has 12 heteroatoms. The minimum absolute atomic E-state index is 0.0454. The Morgan fingerprint density at radius 3 is 1.50 bits per heavy atom. The fraction of sp³-hybridized carbons (Fsp3) is 0. The fourth-order valence-electron chi connectivity index (χ4n) is 4.47. The summed E-state index contributed by atoms with van der Waals surface area (Å²) in [5, 5.41) is 39.9. The summed E-state index contributed by atoms with van der Waals surface area (Å²) in [6.45, 7) is 0. The Morgan fingerprint density at radius 2 is 0.944 bits per heavy atom. The second kappa shape index (κ2) is 8.06. The van der Waals surface area contributed by atoms with Gasteiger partial charge in [0.15, 0.2) is 11.5 Å². The van der Waals surface area contributed by atoms with E-state index in [1.54, 1.807) is 18.2 Å². The summed E-state index contributed by atoms with van der Waals surface area (Å²) >= 11 is 0. The molecule has 0 unspecified atom stereocenters. The molecule has 0 heterocycles. The van der Waals surface area contributed by atoms with Crippen LogP contribution in [0.25, 0.3) is 43.1 Å². The number of fused-ring (bicyclic) bond motifs is 2. The average Bonchev–Trinajstić information content (AvgIpc) is 2.79. The highest BCUT2D eigenvalue weighted by molar-refractivity contribution is 6.35. The number of carboxylic acid groups (broad SMARTS) is 4. The van der Waals surface area contributed by atoms with E-state index in [0.717, 1.165) is 0 Å². The maximum absolute atomic E-state index is 11.4. The Hall–Kier alpha value is -5.52. The van der Waals surface area contributed by atoms with Gasteiger partial charge in [0.1, 0.15) is 11.5 Å². The zero-order chi connectivity index (χ0) is 25.7. The first kappa shape index (κ1) is 22.3. The molecule has 36 heavy (non-hydrogen) atoms. The van der Waals surface area contributed by atoms with Crippen molar-refractivity contribution in [2.75, 3.05) is 0 Å². The summed E-state index contributed by atoms with van der Waals surface area (Å²) in [4.78, 5) is 45.3. The largest absolute Gasteiger partial charge is 0.511 e. The van der Waals surface area contributed by atoms with Crippen molar-refractivity contribution in [3.63, 3.8) is 0 Å². The summed E-state index contributed by atoms with van der Waals surface area (Å²) in [5.41, 5.74) is 0. The first-order chi connectivity index (χ1) is 17.2. The Balaban J connectivity index is 2.02. The number of ether oxygens (including phenoxy) is 4. The molecule has 0 aliphatic carbocycles. The van der Waals surface area contributed by atoms with Crippen molar-refractivity contribution in [3.05, 3.63) is 48.5 Å². The van der Waals surface area contributed by atoms with Crippen LogP contribution in [-0.2, 0) is 0 Å². The van der Waals surface area contributed by atoms with Gasteiger partial charge in [0, 0.05) is 16.2 Å². The van der Waals surface area contributed by atoms with E-state index in [0.29, 0.717) is 32.3 Å². The first-order valence-electron chi connectivity index (χ1n) is 9.99. The lowest BCUT2D eigenvalue weighted by atomic mass is 9.88. The summed E-state index contributed by atoms with van der Waals surface area (Å²) in [6.07, 6.45) is -6.67. The van der Waals surface area contributed by atoms with Crippen molar-refractivity contribution in [2.45, 2.75) is 0 Å². The molecule has 0 fully saturated rings. The Morgan fingerprint density at radius 1 is 0.472 bits per heavy atom. The molecule has 0 bridgehead atoms. The van der Waals surface area contributed by atoms with Crippen molar-refractivity contribution in [1.29, 1.82) is 0 Å². The minimum atomic E-state index is -1.71. The zero-order valence-electron chi connectivity index (χ0n) is 17.7. The maximum atomic E-state index is 11.4. The van der Waals surface area contributed by atoms with E-state index < -0.39 is 30.4 Å². The lowest BCUT2D eigenvalue weighted by Crippen LogP contribution is -2.09. The van der Waals surface area contributed by atoms with E-state index in [4.69, 9.17) is 18.9 Å². The molecular weight excluding hydrogens is 480 g/mol. The van der Waals surface area contributed by atoms with E-state index in [-0.39, 0.29) is 28.0 Å². The Bertz CT molecular complexity index is 1730. The second-order valence-electron chi connectivity index (χ2n) is 7.42. The van der Waals surface area contributed by atoms with Crippen LogP contribution in [0.4, 0.5) is 19.2 Å². The summed E-state index contributed by atoms with van der Waals surface area (Å²) in [7, 11) is 0. The van der Waals surface area contributed by atoms with Gasteiger partial charge < -0.3 is 39.4 Å². The van der Waals surface area contributed by atoms with Gasteiger partial charge in [0.2, 0.25) is 0 Å². The highest BCUT2D eigenvalue weighted by Crippen LogP contribution is 2.49. The molecule has 5 aromatic carbocycles. The predicted octanol–water partition coefficient (Wildman–Crippen LogP) is 5.96. The summed E-state index contributed by atoms with van der Waals surface area (Å²) in [5.74, 6) is -1.11. The number of carbonyl (C=O) groups is 4. The molecule has 0 radical (unpaired) electrons. The van der Waals surface area contributed by atoms with Crippen LogP contribution in [0.3, 0.4) is 0 Å². The molecular formula is C24H12O12. The van der Waals surface area contributed by atoms with Crippen LogP contribution in [0.1, 0.15) is 0 Å². The monoisotopic (exact) mass is 492 g/mol. The SMILES string of the molecule is O=C(O)Oc1cc2c3ccc(OC(=O)O)c4c(OC(=O)O)ccc(c5cccc(c1OC(=O)O)c52)c43. The summed E-state index contributed by atoms with van der Waals surface area (Å²) in [6, 6.07) is 11.8. The van der Waals surface area contributed by atoms with Crippen molar-refractivity contribution in [3.8, 4) is 23.0 Å². The average molecular weight is 492 g/mol. The standard InChI is InChI=1S/C24H12O12/c25-21(26)33-14-6-4-10-9-2-1-3-12-17(9)13(8-16(35-23(29)30)20(12)36-24(31)32)11-5-7-15(34-22(27)28)19(14)18(10)11/h1-8H,(H,25,26)(H,27,28)(H,29,30)(H,31,32). The van der Waals surface area contributed by atoms with Gasteiger partial charge in [0.05, 0.1) is 5.39 Å². The highest BCUT2D eigenvalue weighted by Gasteiger charge is 2.25. The molecule has 4 N–H and O–H groups in total. The van der Waals surface area contributed by atoms with Crippen LogP contribution in [0.15, 0.2) is 48.5 Å². The van der Waals surface area contributed by atoms with Gasteiger partial charge in [-0.05, 0) is 51.9 Å². The molecule has 0 atom stereocenters. The van der Waals surface area contributed by atoms with Crippen LogP contribution in [0.2, 0.25) is 0 Å². The third kappa shape index (κ3) is 3.49. The van der Waals surface area contributed by atoms with Gasteiger partial charge in [-0.1, -0.05) is 18.2 Å². The molecule has 0 saturated carbocycles. The Kier molecular flexibility index (Phi) is 4.99. The second-order valence-corrected chi connectivity index (χ2v) is 7.42. The van der Waals surface area contributed by atoms with E-state index in [1.165, 1.54) is 30.3 Å². The molecule has 0 aliphatic rings. The lowest BCUT2D eigenvalue weighted by molar-refractivity contribution is 0.133. The molecule has 0 spiro atoms. The molecule has 0 amide bonds. The van der Waals surface area contributed by atoms with E-state index in [2.05, 4.69) is 0 Å². The third-order valence-corrected chi connectivity index (χ3v) is 5.52. The van der Waals surface area contributed by atoms with Crippen LogP contribution in [0, 0.1) is 0 Å². The molecule has 180 valence electrons. The Labute approximate surface area is 198 Å². The van der Waals surface area contributed by atoms with E-state index in [1.807, 2.05) is 0 Å². The number of benzene rings is 5. The van der Waals surface area contributed by atoms with Gasteiger partial charge in [-0.2, -0.15) is 0 Å².